The lowest BCUT2D eigenvalue weighted by Crippen LogP contribution is -2.11. The molecule has 0 fully saturated rings. The molecule has 3 aromatic rings. The van der Waals surface area contributed by atoms with Gasteiger partial charge >= 0.3 is 5.97 Å². The van der Waals surface area contributed by atoms with Crippen LogP contribution in [-0.2, 0) is 9.53 Å². The van der Waals surface area contributed by atoms with E-state index in [1.807, 2.05) is 61.5 Å². The number of nitrogens with one attached hydrogen (secondary N) is 1. The summed E-state index contributed by atoms with van der Waals surface area (Å²) in [6, 6.07) is 18.1. The normalized spacial score (nSPS) is 10.6. The number of aromatic nitrogens is 1. The molecular weight excluding hydrogens is 380 g/mol. The van der Waals surface area contributed by atoms with E-state index in [4.69, 9.17) is 9.72 Å². The van der Waals surface area contributed by atoms with Gasteiger partial charge < -0.3 is 10.1 Å². The van der Waals surface area contributed by atoms with Crippen molar-refractivity contribution in [1.29, 1.82) is 0 Å². The van der Waals surface area contributed by atoms with Crippen LogP contribution in [0.1, 0.15) is 13.3 Å². The van der Waals surface area contributed by atoms with Crippen LogP contribution in [0.4, 0.5) is 5.69 Å². The summed E-state index contributed by atoms with van der Waals surface area (Å²) >= 11 is 3.46. The van der Waals surface area contributed by atoms with E-state index in [0.717, 1.165) is 32.3 Å². The standard InChI is InChI=1S/C20H19BrN2O2/c1-2-25-20(24)11-12-22-19-13-18(14-7-9-15(21)10-8-14)23-17-6-4-3-5-16(17)19/h3-10,13H,2,11-12H2,1H3,(H,22,23). The van der Waals surface area contributed by atoms with Gasteiger partial charge in [-0.15, -0.1) is 0 Å². The Kier molecular flexibility index (Phi) is 5.66. The molecule has 0 aliphatic carbocycles. The van der Waals surface area contributed by atoms with Gasteiger partial charge in [0.2, 0.25) is 0 Å². The van der Waals surface area contributed by atoms with E-state index in [2.05, 4.69) is 21.2 Å². The summed E-state index contributed by atoms with van der Waals surface area (Å²) in [6.45, 7) is 2.74. The number of carbonyl (C=O) groups excluding carboxylic acids is 1. The Bertz CT molecular complexity index is 879. The summed E-state index contributed by atoms with van der Waals surface area (Å²) in [5.41, 5.74) is 3.82. The summed E-state index contributed by atoms with van der Waals surface area (Å²) in [7, 11) is 0. The Hall–Kier alpha value is -2.40. The fourth-order valence-electron chi connectivity index (χ4n) is 2.62. The highest BCUT2D eigenvalue weighted by atomic mass is 79.9. The van der Waals surface area contributed by atoms with Gasteiger partial charge in [-0.1, -0.05) is 46.3 Å². The van der Waals surface area contributed by atoms with Crippen molar-refractivity contribution in [2.24, 2.45) is 0 Å². The van der Waals surface area contributed by atoms with Gasteiger partial charge in [0.25, 0.3) is 0 Å². The number of nitrogens with zero attached hydrogens (tertiary/aromatic N) is 1. The van der Waals surface area contributed by atoms with E-state index in [-0.39, 0.29) is 5.97 Å². The van der Waals surface area contributed by atoms with Crippen LogP contribution in [-0.4, -0.2) is 24.1 Å². The van der Waals surface area contributed by atoms with Crippen molar-refractivity contribution in [2.45, 2.75) is 13.3 Å². The lowest BCUT2D eigenvalue weighted by atomic mass is 10.1. The third kappa shape index (κ3) is 4.37. The molecule has 0 saturated heterocycles. The van der Waals surface area contributed by atoms with E-state index < -0.39 is 0 Å². The first-order valence-electron chi connectivity index (χ1n) is 8.22. The van der Waals surface area contributed by atoms with Gasteiger partial charge in [-0.2, -0.15) is 0 Å². The van der Waals surface area contributed by atoms with E-state index in [0.29, 0.717) is 19.6 Å². The maximum absolute atomic E-state index is 11.5. The minimum atomic E-state index is -0.193. The van der Waals surface area contributed by atoms with Crippen molar-refractivity contribution in [1.82, 2.24) is 4.98 Å². The zero-order chi connectivity index (χ0) is 17.6. The molecular formula is C20H19BrN2O2. The molecule has 128 valence electrons. The van der Waals surface area contributed by atoms with E-state index in [1.165, 1.54) is 0 Å². The van der Waals surface area contributed by atoms with Gasteiger partial charge in [0, 0.05) is 27.7 Å². The maximum atomic E-state index is 11.5. The molecule has 25 heavy (non-hydrogen) atoms. The second-order valence-corrected chi connectivity index (χ2v) is 6.48. The highest BCUT2D eigenvalue weighted by Crippen LogP contribution is 2.29. The Labute approximate surface area is 155 Å². The van der Waals surface area contributed by atoms with Crippen LogP contribution in [0.3, 0.4) is 0 Å². The minimum Gasteiger partial charge on any atom is -0.466 e. The number of hydrogen-bond donors (Lipinski definition) is 1. The molecule has 3 rings (SSSR count). The van der Waals surface area contributed by atoms with Crippen LogP contribution >= 0.6 is 15.9 Å². The molecule has 1 heterocycles. The van der Waals surface area contributed by atoms with Gasteiger partial charge in [-0.25, -0.2) is 4.98 Å². The number of esters is 1. The highest BCUT2D eigenvalue weighted by molar-refractivity contribution is 9.10. The molecule has 0 spiro atoms. The summed E-state index contributed by atoms with van der Waals surface area (Å²) < 4.78 is 6.01. The first kappa shape index (κ1) is 17.4. The first-order valence-corrected chi connectivity index (χ1v) is 9.02. The molecule has 0 amide bonds. The van der Waals surface area contributed by atoms with Gasteiger partial charge in [-0.05, 0) is 31.2 Å². The predicted octanol–water partition coefficient (Wildman–Crippen LogP) is 5.03. The molecule has 1 N–H and O–H groups in total. The second-order valence-electron chi connectivity index (χ2n) is 5.56. The third-order valence-corrected chi connectivity index (χ3v) is 4.33. The Morgan fingerprint density at radius 3 is 2.68 bits per heavy atom. The molecule has 0 bridgehead atoms. The quantitative estimate of drug-likeness (QED) is 0.591. The summed E-state index contributed by atoms with van der Waals surface area (Å²) in [5.74, 6) is -0.193. The molecule has 0 radical (unpaired) electrons. The molecule has 0 aliphatic rings. The van der Waals surface area contributed by atoms with Crippen molar-refractivity contribution in [3.8, 4) is 11.3 Å². The van der Waals surface area contributed by atoms with E-state index in [9.17, 15) is 4.79 Å². The average Bonchev–Trinajstić information content (AvgIpc) is 2.62. The lowest BCUT2D eigenvalue weighted by Gasteiger charge is -2.12. The van der Waals surface area contributed by atoms with Crippen LogP contribution in [0, 0.1) is 0 Å². The molecule has 0 unspecified atom stereocenters. The maximum Gasteiger partial charge on any atom is 0.307 e. The van der Waals surface area contributed by atoms with E-state index in [1.54, 1.807) is 0 Å². The SMILES string of the molecule is CCOC(=O)CCNc1cc(-c2ccc(Br)cc2)nc2ccccc12. The smallest absolute Gasteiger partial charge is 0.307 e. The summed E-state index contributed by atoms with van der Waals surface area (Å²) in [6.07, 6.45) is 0.331. The fraction of sp³-hybridized carbons (Fsp3) is 0.200. The average molecular weight is 399 g/mol. The molecule has 2 aromatic carbocycles. The minimum absolute atomic E-state index is 0.193. The molecule has 5 heteroatoms. The van der Waals surface area contributed by atoms with Crippen LogP contribution in [0.15, 0.2) is 59.1 Å². The zero-order valence-corrected chi connectivity index (χ0v) is 15.5. The largest absolute Gasteiger partial charge is 0.466 e. The fourth-order valence-corrected chi connectivity index (χ4v) is 2.89. The Morgan fingerprint density at radius 2 is 1.92 bits per heavy atom. The van der Waals surface area contributed by atoms with Gasteiger partial charge in [-0.3, -0.25) is 4.79 Å². The van der Waals surface area contributed by atoms with Crippen molar-refractivity contribution < 1.29 is 9.53 Å². The number of para-hydroxylation sites is 1. The number of benzene rings is 2. The number of rotatable bonds is 6. The van der Waals surface area contributed by atoms with Crippen molar-refractivity contribution >= 4 is 38.5 Å². The Balaban J connectivity index is 1.90. The van der Waals surface area contributed by atoms with Gasteiger partial charge in [0.05, 0.1) is 24.2 Å². The van der Waals surface area contributed by atoms with Crippen molar-refractivity contribution in [3.05, 3.63) is 59.1 Å². The third-order valence-electron chi connectivity index (χ3n) is 3.81. The number of hydrogen-bond acceptors (Lipinski definition) is 4. The van der Waals surface area contributed by atoms with Crippen molar-refractivity contribution in [3.63, 3.8) is 0 Å². The second kappa shape index (κ2) is 8.12. The number of anilines is 1. The number of fused-ring (bicyclic) bond motifs is 1. The van der Waals surface area contributed by atoms with Gasteiger partial charge in [0.15, 0.2) is 0 Å². The summed E-state index contributed by atoms with van der Waals surface area (Å²) in [5, 5.41) is 4.38. The zero-order valence-electron chi connectivity index (χ0n) is 14.0. The van der Waals surface area contributed by atoms with Crippen LogP contribution in [0.5, 0.6) is 0 Å². The van der Waals surface area contributed by atoms with Crippen LogP contribution < -0.4 is 5.32 Å². The molecule has 1 aromatic heterocycles. The van der Waals surface area contributed by atoms with Gasteiger partial charge in [0.1, 0.15) is 0 Å². The number of pyridine rings is 1. The first-order chi connectivity index (χ1) is 12.2. The topological polar surface area (TPSA) is 51.2 Å². The van der Waals surface area contributed by atoms with Crippen molar-refractivity contribution in [2.75, 3.05) is 18.5 Å². The molecule has 0 aliphatic heterocycles. The number of carbonyl (C=O) groups is 1. The van der Waals surface area contributed by atoms with E-state index >= 15 is 0 Å². The molecule has 4 nitrogen and oxygen atoms in total. The highest BCUT2D eigenvalue weighted by Gasteiger charge is 2.08. The number of halogens is 1. The molecule has 0 saturated carbocycles. The summed E-state index contributed by atoms with van der Waals surface area (Å²) in [4.78, 5) is 16.3. The number of ether oxygens (including phenoxy) is 1. The monoisotopic (exact) mass is 398 g/mol. The van der Waals surface area contributed by atoms with Crippen LogP contribution in [0.25, 0.3) is 22.2 Å². The van der Waals surface area contributed by atoms with Crippen LogP contribution in [0.2, 0.25) is 0 Å². The predicted molar refractivity (Wildman–Crippen MR) is 105 cm³/mol. The molecule has 0 atom stereocenters. The lowest BCUT2D eigenvalue weighted by molar-refractivity contribution is -0.142. The Morgan fingerprint density at radius 1 is 1.16 bits per heavy atom.